The number of fused-ring (bicyclic) bond motifs is 3. The summed E-state index contributed by atoms with van der Waals surface area (Å²) in [5, 5.41) is 6.53. The molecule has 0 aliphatic heterocycles. The van der Waals surface area contributed by atoms with Crippen molar-refractivity contribution in [3.8, 4) is 0 Å². The van der Waals surface area contributed by atoms with E-state index in [-0.39, 0.29) is 0 Å². The Labute approximate surface area is 109 Å². The van der Waals surface area contributed by atoms with Gasteiger partial charge >= 0.3 is 0 Å². The van der Waals surface area contributed by atoms with Crippen LogP contribution in [0.15, 0.2) is 36.4 Å². The summed E-state index contributed by atoms with van der Waals surface area (Å²) in [4.78, 5) is 0. The average Bonchev–Trinajstić information content (AvgIpc) is 2.44. The summed E-state index contributed by atoms with van der Waals surface area (Å²) in [5.74, 6) is 0. The van der Waals surface area contributed by atoms with E-state index in [1.54, 1.807) is 5.56 Å². The molecule has 1 unspecified atom stereocenters. The van der Waals surface area contributed by atoms with Gasteiger partial charge in [-0.05, 0) is 54.1 Å². The fraction of sp³-hybridized carbons (Fsp3) is 0.412. The van der Waals surface area contributed by atoms with Crippen LogP contribution in [0.4, 0.5) is 0 Å². The molecule has 1 heteroatoms. The van der Waals surface area contributed by atoms with Crippen LogP contribution in [-0.4, -0.2) is 6.54 Å². The monoisotopic (exact) mass is 239 g/mol. The van der Waals surface area contributed by atoms with Gasteiger partial charge in [0.15, 0.2) is 0 Å². The molecule has 0 saturated carbocycles. The third kappa shape index (κ3) is 2.04. The molecule has 0 amide bonds. The van der Waals surface area contributed by atoms with Crippen LogP contribution in [-0.2, 0) is 6.42 Å². The lowest BCUT2D eigenvalue weighted by atomic mass is 9.84. The second kappa shape index (κ2) is 5.11. The summed E-state index contributed by atoms with van der Waals surface area (Å²) in [6.07, 6.45) is 5.04. The van der Waals surface area contributed by atoms with Crippen molar-refractivity contribution in [2.75, 3.05) is 6.54 Å². The fourth-order valence-electron chi connectivity index (χ4n) is 3.13. The van der Waals surface area contributed by atoms with Crippen LogP contribution in [0, 0.1) is 0 Å². The minimum Gasteiger partial charge on any atom is -0.310 e. The molecule has 2 aromatic rings. The fourth-order valence-corrected chi connectivity index (χ4v) is 3.13. The Hall–Kier alpha value is -1.34. The van der Waals surface area contributed by atoms with Gasteiger partial charge in [-0.1, -0.05) is 43.3 Å². The number of rotatable bonds is 3. The lowest BCUT2D eigenvalue weighted by molar-refractivity contribution is 0.462. The van der Waals surface area contributed by atoms with E-state index in [2.05, 4.69) is 48.6 Å². The first-order valence-corrected chi connectivity index (χ1v) is 7.14. The molecule has 2 aromatic carbocycles. The maximum Gasteiger partial charge on any atom is 0.0323 e. The van der Waals surface area contributed by atoms with Gasteiger partial charge in [0.2, 0.25) is 0 Å². The van der Waals surface area contributed by atoms with Crippen molar-refractivity contribution in [2.24, 2.45) is 0 Å². The summed E-state index contributed by atoms with van der Waals surface area (Å²) in [6.45, 7) is 3.36. The Morgan fingerprint density at radius 1 is 1.17 bits per heavy atom. The first kappa shape index (κ1) is 11.7. The molecule has 0 heterocycles. The van der Waals surface area contributed by atoms with Gasteiger partial charge in [-0.15, -0.1) is 0 Å². The van der Waals surface area contributed by atoms with E-state index < -0.39 is 0 Å². The average molecular weight is 239 g/mol. The van der Waals surface area contributed by atoms with Crippen molar-refractivity contribution in [1.82, 2.24) is 5.32 Å². The van der Waals surface area contributed by atoms with E-state index in [1.165, 1.54) is 42.0 Å². The van der Waals surface area contributed by atoms with Crippen LogP contribution < -0.4 is 5.32 Å². The molecule has 1 aliphatic carbocycles. The molecular formula is C17H21N. The number of aryl methyl sites for hydroxylation is 1. The summed E-state index contributed by atoms with van der Waals surface area (Å²) in [5.41, 5.74) is 3.11. The molecule has 0 radical (unpaired) electrons. The SMILES string of the molecule is CCCNC1CCCc2c1ccc1ccccc21. The molecule has 0 aromatic heterocycles. The molecule has 1 N–H and O–H groups in total. The maximum absolute atomic E-state index is 3.69. The Morgan fingerprint density at radius 2 is 2.06 bits per heavy atom. The van der Waals surface area contributed by atoms with Gasteiger partial charge in [-0.2, -0.15) is 0 Å². The Morgan fingerprint density at radius 3 is 2.94 bits per heavy atom. The van der Waals surface area contributed by atoms with Crippen LogP contribution in [0.1, 0.15) is 43.4 Å². The topological polar surface area (TPSA) is 12.0 Å². The van der Waals surface area contributed by atoms with Gasteiger partial charge in [-0.3, -0.25) is 0 Å². The molecular weight excluding hydrogens is 218 g/mol. The van der Waals surface area contributed by atoms with E-state index in [4.69, 9.17) is 0 Å². The quantitative estimate of drug-likeness (QED) is 0.845. The highest BCUT2D eigenvalue weighted by atomic mass is 14.9. The first-order valence-electron chi connectivity index (χ1n) is 7.14. The second-order valence-corrected chi connectivity index (χ2v) is 5.25. The lowest BCUT2D eigenvalue weighted by Crippen LogP contribution is -2.25. The van der Waals surface area contributed by atoms with E-state index in [1.807, 2.05) is 0 Å². The van der Waals surface area contributed by atoms with Gasteiger partial charge in [0.25, 0.3) is 0 Å². The molecule has 94 valence electrons. The number of hydrogen-bond donors (Lipinski definition) is 1. The van der Waals surface area contributed by atoms with Crippen molar-refractivity contribution in [2.45, 2.75) is 38.6 Å². The molecule has 3 rings (SSSR count). The van der Waals surface area contributed by atoms with E-state index in [9.17, 15) is 0 Å². The third-order valence-corrected chi connectivity index (χ3v) is 4.01. The van der Waals surface area contributed by atoms with Crippen molar-refractivity contribution in [1.29, 1.82) is 0 Å². The molecule has 1 aliphatic rings. The van der Waals surface area contributed by atoms with Crippen molar-refractivity contribution < 1.29 is 0 Å². The predicted octanol–water partition coefficient (Wildman–Crippen LogP) is 4.22. The van der Waals surface area contributed by atoms with Gasteiger partial charge in [0.05, 0.1) is 0 Å². The standard InChI is InChI=1S/C17H21N/c1-2-12-18-17-9-5-8-15-14-7-4-3-6-13(14)10-11-16(15)17/h3-4,6-7,10-11,17-18H,2,5,8-9,12H2,1H3. The van der Waals surface area contributed by atoms with Gasteiger partial charge < -0.3 is 5.32 Å². The molecule has 0 bridgehead atoms. The minimum absolute atomic E-state index is 0.568. The zero-order chi connectivity index (χ0) is 12.4. The van der Waals surface area contributed by atoms with Gasteiger partial charge in [-0.25, -0.2) is 0 Å². The summed E-state index contributed by atoms with van der Waals surface area (Å²) >= 11 is 0. The molecule has 1 atom stereocenters. The zero-order valence-corrected chi connectivity index (χ0v) is 11.1. The number of nitrogens with one attached hydrogen (secondary N) is 1. The smallest absolute Gasteiger partial charge is 0.0323 e. The van der Waals surface area contributed by atoms with E-state index in [0.29, 0.717) is 6.04 Å². The molecule has 0 saturated heterocycles. The predicted molar refractivity (Wildman–Crippen MR) is 77.9 cm³/mol. The molecule has 0 spiro atoms. The summed E-state index contributed by atoms with van der Waals surface area (Å²) in [6, 6.07) is 14.0. The van der Waals surface area contributed by atoms with Crippen molar-refractivity contribution >= 4 is 10.8 Å². The normalized spacial score (nSPS) is 18.8. The van der Waals surface area contributed by atoms with Crippen LogP contribution in [0.5, 0.6) is 0 Å². The van der Waals surface area contributed by atoms with Gasteiger partial charge in [0.1, 0.15) is 0 Å². The van der Waals surface area contributed by atoms with Crippen LogP contribution in [0.25, 0.3) is 10.8 Å². The third-order valence-electron chi connectivity index (χ3n) is 4.01. The molecule has 0 fully saturated rings. The van der Waals surface area contributed by atoms with Crippen LogP contribution in [0.2, 0.25) is 0 Å². The van der Waals surface area contributed by atoms with Crippen LogP contribution >= 0.6 is 0 Å². The van der Waals surface area contributed by atoms with Crippen LogP contribution in [0.3, 0.4) is 0 Å². The number of benzene rings is 2. The molecule has 1 nitrogen and oxygen atoms in total. The highest BCUT2D eigenvalue weighted by molar-refractivity contribution is 5.87. The highest BCUT2D eigenvalue weighted by Crippen LogP contribution is 2.34. The van der Waals surface area contributed by atoms with Crippen molar-refractivity contribution in [3.63, 3.8) is 0 Å². The van der Waals surface area contributed by atoms with E-state index in [0.717, 1.165) is 6.54 Å². The Balaban J connectivity index is 2.05. The zero-order valence-electron chi connectivity index (χ0n) is 11.1. The van der Waals surface area contributed by atoms with Gasteiger partial charge in [0, 0.05) is 6.04 Å². The minimum atomic E-state index is 0.568. The highest BCUT2D eigenvalue weighted by Gasteiger charge is 2.20. The summed E-state index contributed by atoms with van der Waals surface area (Å²) < 4.78 is 0. The summed E-state index contributed by atoms with van der Waals surface area (Å²) in [7, 11) is 0. The van der Waals surface area contributed by atoms with E-state index >= 15 is 0 Å². The number of hydrogen-bond acceptors (Lipinski definition) is 1. The van der Waals surface area contributed by atoms with Crippen molar-refractivity contribution in [3.05, 3.63) is 47.5 Å². The lowest BCUT2D eigenvalue weighted by Gasteiger charge is -2.27. The Kier molecular flexibility index (Phi) is 3.33. The largest absolute Gasteiger partial charge is 0.310 e. The Bertz CT molecular complexity index is 544. The molecule has 18 heavy (non-hydrogen) atoms. The first-order chi connectivity index (χ1) is 8.90. The maximum atomic E-state index is 3.69. The second-order valence-electron chi connectivity index (χ2n) is 5.25.